The van der Waals surface area contributed by atoms with E-state index in [0.29, 0.717) is 6.04 Å². The van der Waals surface area contributed by atoms with Crippen LogP contribution < -0.4 is 5.32 Å². The average molecular weight is 272 g/mol. The van der Waals surface area contributed by atoms with Crippen molar-refractivity contribution in [1.29, 1.82) is 0 Å². The average Bonchev–Trinajstić information content (AvgIpc) is 2.43. The van der Waals surface area contributed by atoms with Gasteiger partial charge >= 0.3 is 0 Å². The number of anilines is 1. The van der Waals surface area contributed by atoms with Crippen LogP contribution in [0.25, 0.3) is 0 Å². The summed E-state index contributed by atoms with van der Waals surface area (Å²) in [4.78, 5) is 0. The maximum atomic E-state index is 6.29. The Labute approximate surface area is 119 Å². The third kappa shape index (κ3) is 2.62. The highest BCUT2D eigenvalue weighted by molar-refractivity contribution is 6.33. The Morgan fingerprint density at radius 1 is 1.05 bits per heavy atom. The number of para-hydroxylation sites is 1. The van der Waals surface area contributed by atoms with Crippen LogP contribution in [0.3, 0.4) is 0 Å². The quantitative estimate of drug-likeness (QED) is 0.841. The lowest BCUT2D eigenvalue weighted by Gasteiger charge is -2.27. The summed E-state index contributed by atoms with van der Waals surface area (Å²) in [6.07, 6.45) is 3.40. The number of benzene rings is 2. The number of hydrogen-bond donors (Lipinski definition) is 1. The van der Waals surface area contributed by atoms with E-state index in [4.69, 9.17) is 11.6 Å². The van der Waals surface area contributed by atoms with Gasteiger partial charge in [-0.25, -0.2) is 0 Å². The Morgan fingerprint density at radius 2 is 1.84 bits per heavy atom. The first-order valence-corrected chi connectivity index (χ1v) is 7.20. The lowest BCUT2D eigenvalue weighted by molar-refractivity contribution is 0.610. The second-order valence-electron chi connectivity index (χ2n) is 5.28. The molecular weight excluding hydrogens is 254 g/mol. The molecule has 0 spiro atoms. The second-order valence-corrected chi connectivity index (χ2v) is 5.69. The van der Waals surface area contributed by atoms with Crippen LogP contribution >= 0.6 is 11.6 Å². The van der Waals surface area contributed by atoms with Gasteiger partial charge in [0.05, 0.1) is 10.7 Å². The highest BCUT2D eigenvalue weighted by Gasteiger charge is 2.19. The molecule has 0 amide bonds. The van der Waals surface area contributed by atoms with Crippen LogP contribution in [0.1, 0.15) is 23.1 Å². The Bertz CT molecular complexity index is 571. The van der Waals surface area contributed by atoms with Crippen LogP contribution in [0.4, 0.5) is 5.69 Å². The van der Waals surface area contributed by atoms with Gasteiger partial charge in [-0.2, -0.15) is 0 Å². The van der Waals surface area contributed by atoms with Crippen LogP contribution in [0.5, 0.6) is 0 Å². The van der Waals surface area contributed by atoms with E-state index in [9.17, 15) is 0 Å². The molecule has 1 atom stereocenters. The molecule has 1 N–H and O–H groups in total. The Balaban J connectivity index is 1.79. The van der Waals surface area contributed by atoms with E-state index in [1.54, 1.807) is 0 Å². The van der Waals surface area contributed by atoms with E-state index in [-0.39, 0.29) is 0 Å². The normalized spacial score (nSPS) is 17.9. The van der Waals surface area contributed by atoms with Gasteiger partial charge in [-0.05, 0) is 48.9 Å². The molecule has 2 heteroatoms. The zero-order valence-corrected chi connectivity index (χ0v) is 11.9. The molecule has 0 saturated carbocycles. The third-order valence-corrected chi connectivity index (χ3v) is 4.23. The molecule has 0 bridgehead atoms. The van der Waals surface area contributed by atoms with Gasteiger partial charge in [0.25, 0.3) is 0 Å². The number of nitrogens with one attached hydrogen (secondary N) is 1. The molecule has 2 aromatic rings. The molecule has 0 fully saturated rings. The molecule has 0 radical (unpaired) electrons. The molecule has 3 rings (SSSR count). The van der Waals surface area contributed by atoms with Gasteiger partial charge in [0.2, 0.25) is 0 Å². The second kappa shape index (κ2) is 5.26. The largest absolute Gasteiger partial charge is 0.381 e. The summed E-state index contributed by atoms with van der Waals surface area (Å²) in [5.41, 5.74) is 5.27. The number of fused-ring (bicyclic) bond motifs is 1. The van der Waals surface area contributed by atoms with Crippen molar-refractivity contribution in [3.05, 3.63) is 64.2 Å². The summed E-state index contributed by atoms with van der Waals surface area (Å²) in [7, 11) is 0. The monoisotopic (exact) mass is 271 g/mol. The fourth-order valence-electron chi connectivity index (χ4n) is 2.84. The van der Waals surface area contributed by atoms with Gasteiger partial charge in [-0.1, -0.05) is 48.0 Å². The molecular formula is C17H18ClN. The smallest absolute Gasteiger partial charge is 0.0640 e. The summed E-state index contributed by atoms with van der Waals surface area (Å²) < 4.78 is 0. The van der Waals surface area contributed by atoms with E-state index >= 15 is 0 Å². The van der Waals surface area contributed by atoms with Crippen LogP contribution in [-0.2, 0) is 12.8 Å². The van der Waals surface area contributed by atoms with Gasteiger partial charge in [-0.3, -0.25) is 0 Å². The SMILES string of the molecule is Cc1cccc(Cl)c1NC1CCc2ccccc2C1. The van der Waals surface area contributed by atoms with Crippen molar-refractivity contribution < 1.29 is 0 Å². The Kier molecular flexibility index (Phi) is 3.48. The number of halogens is 1. The van der Waals surface area contributed by atoms with Gasteiger partial charge in [-0.15, -0.1) is 0 Å². The molecule has 19 heavy (non-hydrogen) atoms. The van der Waals surface area contributed by atoms with Crippen LogP contribution in [0.2, 0.25) is 5.02 Å². The summed E-state index contributed by atoms with van der Waals surface area (Å²) >= 11 is 6.29. The molecule has 1 aliphatic carbocycles. The molecule has 0 saturated heterocycles. The molecule has 1 aliphatic rings. The van der Waals surface area contributed by atoms with Gasteiger partial charge < -0.3 is 5.32 Å². The van der Waals surface area contributed by atoms with Crippen LogP contribution in [-0.4, -0.2) is 6.04 Å². The third-order valence-electron chi connectivity index (χ3n) is 3.92. The highest BCUT2D eigenvalue weighted by Crippen LogP contribution is 2.29. The summed E-state index contributed by atoms with van der Waals surface area (Å²) in [6.45, 7) is 2.10. The fraction of sp³-hybridized carbons (Fsp3) is 0.294. The molecule has 1 unspecified atom stereocenters. The minimum atomic E-state index is 0.480. The minimum Gasteiger partial charge on any atom is -0.381 e. The highest BCUT2D eigenvalue weighted by atomic mass is 35.5. The topological polar surface area (TPSA) is 12.0 Å². The van der Waals surface area contributed by atoms with Gasteiger partial charge in [0, 0.05) is 6.04 Å². The van der Waals surface area contributed by atoms with E-state index in [1.807, 2.05) is 12.1 Å². The molecule has 0 aromatic heterocycles. The fourth-order valence-corrected chi connectivity index (χ4v) is 3.12. The number of hydrogen-bond acceptors (Lipinski definition) is 1. The number of aryl methyl sites for hydroxylation is 2. The Hall–Kier alpha value is -1.47. The first-order valence-electron chi connectivity index (χ1n) is 6.82. The van der Waals surface area contributed by atoms with Gasteiger partial charge in [0.1, 0.15) is 0 Å². The zero-order valence-electron chi connectivity index (χ0n) is 11.1. The maximum absolute atomic E-state index is 6.29. The van der Waals surface area contributed by atoms with Crippen molar-refractivity contribution in [2.45, 2.75) is 32.2 Å². The predicted octanol–water partition coefficient (Wildman–Crippen LogP) is 4.62. The minimum absolute atomic E-state index is 0.480. The molecule has 1 nitrogen and oxygen atoms in total. The summed E-state index contributed by atoms with van der Waals surface area (Å²) in [6, 6.07) is 15.3. The maximum Gasteiger partial charge on any atom is 0.0640 e. The van der Waals surface area contributed by atoms with Crippen LogP contribution in [0, 0.1) is 6.92 Å². The van der Waals surface area contributed by atoms with Crippen molar-refractivity contribution in [1.82, 2.24) is 0 Å². The molecule has 0 aliphatic heterocycles. The van der Waals surface area contributed by atoms with E-state index in [0.717, 1.165) is 23.6 Å². The van der Waals surface area contributed by atoms with E-state index in [2.05, 4.69) is 42.6 Å². The predicted molar refractivity (Wildman–Crippen MR) is 82.1 cm³/mol. The van der Waals surface area contributed by atoms with Crippen molar-refractivity contribution in [2.75, 3.05) is 5.32 Å². The first kappa shape index (κ1) is 12.6. The zero-order chi connectivity index (χ0) is 13.2. The molecule has 0 heterocycles. The van der Waals surface area contributed by atoms with Crippen molar-refractivity contribution >= 4 is 17.3 Å². The summed E-state index contributed by atoms with van der Waals surface area (Å²) in [5, 5.41) is 4.44. The van der Waals surface area contributed by atoms with E-state index < -0.39 is 0 Å². The lowest BCUT2D eigenvalue weighted by atomic mass is 9.88. The summed E-state index contributed by atoms with van der Waals surface area (Å²) in [5.74, 6) is 0. The lowest BCUT2D eigenvalue weighted by Crippen LogP contribution is -2.27. The van der Waals surface area contributed by atoms with Crippen LogP contribution in [0.15, 0.2) is 42.5 Å². The van der Waals surface area contributed by atoms with Crippen molar-refractivity contribution in [2.24, 2.45) is 0 Å². The van der Waals surface area contributed by atoms with Crippen molar-refractivity contribution in [3.8, 4) is 0 Å². The van der Waals surface area contributed by atoms with E-state index in [1.165, 1.54) is 23.1 Å². The standard InChI is InChI=1S/C17H18ClN/c1-12-5-4-8-16(18)17(12)19-15-10-9-13-6-2-3-7-14(13)11-15/h2-8,15,19H,9-11H2,1H3. The Morgan fingerprint density at radius 3 is 2.63 bits per heavy atom. The first-order chi connectivity index (χ1) is 9.24. The molecule has 98 valence electrons. The van der Waals surface area contributed by atoms with Gasteiger partial charge in [0.15, 0.2) is 0 Å². The van der Waals surface area contributed by atoms with Crippen molar-refractivity contribution in [3.63, 3.8) is 0 Å². The number of rotatable bonds is 2. The molecule has 2 aromatic carbocycles.